The third kappa shape index (κ3) is 2.25. The van der Waals surface area contributed by atoms with Gasteiger partial charge in [0.1, 0.15) is 0 Å². The van der Waals surface area contributed by atoms with E-state index in [4.69, 9.17) is 5.11 Å². The maximum atomic E-state index is 12.0. The Labute approximate surface area is 114 Å². The Morgan fingerprint density at radius 2 is 1.75 bits per heavy atom. The minimum absolute atomic E-state index is 0.106. The molecule has 1 saturated heterocycles. The topological polar surface area (TPSA) is 95.0 Å². The summed E-state index contributed by atoms with van der Waals surface area (Å²) in [5.41, 5.74) is 0.0389. The molecule has 1 heterocycles. The molecule has 7 nitrogen and oxygen atoms in total. The van der Waals surface area contributed by atoms with Crippen LogP contribution in [-0.2, 0) is 14.4 Å². The van der Waals surface area contributed by atoms with Crippen LogP contribution in [0.5, 0.6) is 0 Å². The lowest BCUT2D eigenvalue weighted by Crippen LogP contribution is -2.53. The van der Waals surface area contributed by atoms with Crippen LogP contribution in [0, 0.1) is 0 Å². The van der Waals surface area contributed by atoms with E-state index < -0.39 is 23.6 Å². The fraction of sp³-hybridized carbons (Fsp3) is 0.231. The number of amides is 2. The molecule has 1 N–H and O–H groups in total. The van der Waals surface area contributed by atoms with Gasteiger partial charge >= 0.3 is 17.8 Å². The first-order valence-corrected chi connectivity index (χ1v) is 5.87. The molecular formula is C13H12N2O5. The van der Waals surface area contributed by atoms with Crippen molar-refractivity contribution in [3.8, 4) is 0 Å². The number of anilines is 1. The van der Waals surface area contributed by atoms with Gasteiger partial charge in [0, 0.05) is 20.1 Å². The van der Waals surface area contributed by atoms with Crippen LogP contribution < -0.4 is 4.90 Å². The Balaban J connectivity index is 2.43. The summed E-state index contributed by atoms with van der Waals surface area (Å²) in [7, 11) is 1.51. The Morgan fingerprint density at radius 1 is 1.10 bits per heavy atom. The molecule has 1 aromatic carbocycles. The number of benzene rings is 1. The highest BCUT2D eigenvalue weighted by Crippen LogP contribution is 2.23. The second kappa shape index (κ2) is 5.12. The molecule has 1 aliphatic rings. The van der Waals surface area contributed by atoms with Crippen molar-refractivity contribution in [1.82, 2.24) is 4.90 Å². The molecule has 104 valence electrons. The minimum Gasteiger partial charge on any atom is -0.475 e. The number of hydrogen-bond donors (Lipinski definition) is 1. The van der Waals surface area contributed by atoms with Gasteiger partial charge in [0.2, 0.25) is 0 Å². The molecule has 0 aromatic heterocycles. The fourth-order valence-electron chi connectivity index (χ4n) is 1.98. The highest BCUT2D eigenvalue weighted by molar-refractivity contribution is 6.44. The third-order valence-electron chi connectivity index (χ3n) is 3.07. The lowest BCUT2D eigenvalue weighted by Gasteiger charge is -2.32. The number of ketones is 1. The number of carboxylic acid groups (broad SMARTS) is 1. The number of nitrogens with zero attached hydrogens (tertiary/aromatic N) is 2. The Hall–Kier alpha value is -2.70. The van der Waals surface area contributed by atoms with Crippen LogP contribution in [0.1, 0.15) is 10.4 Å². The molecule has 0 bridgehead atoms. The Morgan fingerprint density at radius 3 is 2.40 bits per heavy atom. The first-order chi connectivity index (χ1) is 9.43. The van der Waals surface area contributed by atoms with E-state index in [0.29, 0.717) is 6.54 Å². The van der Waals surface area contributed by atoms with Gasteiger partial charge < -0.3 is 14.9 Å². The lowest BCUT2D eigenvalue weighted by atomic mass is 10.1. The molecule has 20 heavy (non-hydrogen) atoms. The van der Waals surface area contributed by atoms with Crippen molar-refractivity contribution in [2.75, 3.05) is 25.0 Å². The first kappa shape index (κ1) is 13.7. The number of carboxylic acids is 1. The Bertz CT molecular complexity index is 611. The number of aliphatic carboxylic acids is 1. The molecule has 1 aliphatic heterocycles. The van der Waals surface area contributed by atoms with Crippen LogP contribution in [-0.4, -0.2) is 53.7 Å². The van der Waals surface area contributed by atoms with E-state index in [1.165, 1.54) is 30.1 Å². The van der Waals surface area contributed by atoms with E-state index in [9.17, 15) is 19.2 Å². The summed E-state index contributed by atoms with van der Waals surface area (Å²) in [4.78, 5) is 48.5. The number of para-hydroxylation sites is 1. The van der Waals surface area contributed by atoms with E-state index in [1.807, 2.05) is 0 Å². The van der Waals surface area contributed by atoms with Crippen LogP contribution in [0.2, 0.25) is 0 Å². The smallest absolute Gasteiger partial charge is 0.377 e. The average Bonchev–Trinajstić information content (AvgIpc) is 2.44. The van der Waals surface area contributed by atoms with E-state index >= 15 is 0 Å². The average molecular weight is 276 g/mol. The molecule has 0 atom stereocenters. The number of rotatable bonds is 3. The number of carbonyl (C=O) groups excluding carboxylic acids is 3. The third-order valence-corrected chi connectivity index (χ3v) is 3.07. The number of piperazine rings is 1. The molecule has 0 aliphatic carbocycles. The SMILES string of the molecule is CN1CCN(c2ccccc2C(=O)C(=O)O)C(=O)C1=O. The first-order valence-electron chi connectivity index (χ1n) is 5.87. The largest absolute Gasteiger partial charge is 0.475 e. The quantitative estimate of drug-likeness (QED) is 0.607. The molecule has 2 rings (SSSR count). The van der Waals surface area contributed by atoms with Crippen LogP contribution >= 0.6 is 0 Å². The van der Waals surface area contributed by atoms with Gasteiger partial charge in [-0.2, -0.15) is 0 Å². The van der Waals surface area contributed by atoms with Crippen molar-refractivity contribution in [1.29, 1.82) is 0 Å². The Kier molecular flexibility index (Phi) is 3.51. The van der Waals surface area contributed by atoms with Crippen molar-refractivity contribution in [2.45, 2.75) is 0 Å². The van der Waals surface area contributed by atoms with Crippen LogP contribution in [0.4, 0.5) is 5.69 Å². The summed E-state index contributed by atoms with van der Waals surface area (Å²) in [6, 6.07) is 5.85. The van der Waals surface area contributed by atoms with Crippen molar-refractivity contribution < 1.29 is 24.3 Å². The van der Waals surface area contributed by atoms with Gasteiger partial charge in [-0.25, -0.2) is 4.79 Å². The maximum Gasteiger partial charge on any atom is 0.377 e. The molecule has 1 aromatic rings. The van der Waals surface area contributed by atoms with E-state index in [-0.39, 0.29) is 17.8 Å². The molecular weight excluding hydrogens is 264 g/mol. The summed E-state index contributed by atoms with van der Waals surface area (Å²) in [5.74, 6) is -4.18. The van der Waals surface area contributed by atoms with Gasteiger partial charge in [-0.1, -0.05) is 12.1 Å². The highest BCUT2D eigenvalue weighted by atomic mass is 16.4. The summed E-state index contributed by atoms with van der Waals surface area (Å²) in [6.45, 7) is 0.533. The maximum absolute atomic E-state index is 12.0. The zero-order valence-electron chi connectivity index (χ0n) is 10.7. The zero-order valence-corrected chi connectivity index (χ0v) is 10.7. The highest BCUT2D eigenvalue weighted by Gasteiger charge is 2.33. The predicted molar refractivity (Wildman–Crippen MR) is 68.4 cm³/mol. The molecule has 1 fully saturated rings. The van der Waals surface area contributed by atoms with Gasteiger partial charge in [0.05, 0.1) is 11.3 Å². The van der Waals surface area contributed by atoms with Gasteiger partial charge in [-0.3, -0.25) is 14.4 Å². The van der Waals surface area contributed by atoms with Gasteiger partial charge in [0.25, 0.3) is 5.78 Å². The van der Waals surface area contributed by atoms with E-state index in [0.717, 1.165) is 4.90 Å². The van der Waals surface area contributed by atoms with Gasteiger partial charge in [-0.05, 0) is 12.1 Å². The van der Waals surface area contributed by atoms with Gasteiger partial charge in [-0.15, -0.1) is 0 Å². The van der Waals surface area contributed by atoms with Crippen molar-refractivity contribution in [2.24, 2.45) is 0 Å². The van der Waals surface area contributed by atoms with Crippen LogP contribution in [0.3, 0.4) is 0 Å². The molecule has 7 heteroatoms. The standard InChI is InChI=1S/C13H12N2O5/c1-14-6-7-15(12(18)11(14)17)9-5-3-2-4-8(9)10(16)13(19)20/h2-5H,6-7H2,1H3,(H,19,20). The van der Waals surface area contributed by atoms with E-state index in [1.54, 1.807) is 6.07 Å². The second-order valence-electron chi connectivity index (χ2n) is 4.33. The summed E-state index contributed by atoms with van der Waals surface area (Å²) >= 11 is 0. The predicted octanol–water partition coefficient (Wildman–Crippen LogP) is -0.241. The normalized spacial score (nSPS) is 15.4. The van der Waals surface area contributed by atoms with Gasteiger partial charge in [0.15, 0.2) is 0 Å². The number of likely N-dealkylation sites (N-methyl/N-ethyl adjacent to an activating group) is 1. The van der Waals surface area contributed by atoms with Crippen molar-refractivity contribution in [3.05, 3.63) is 29.8 Å². The molecule has 0 radical (unpaired) electrons. The molecule has 0 spiro atoms. The van der Waals surface area contributed by atoms with E-state index in [2.05, 4.69) is 0 Å². The zero-order chi connectivity index (χ0) is 14.9. The molecule has 0 saturated carbocycles. The van der Waals surface area contributed by atoms with Crippen molar-refractivity contribution in [3.63, 3.8) is 0 Å². The number of Topliss-reactive ketones (excluding diaryl/α,β-unsaturated/α-hetero) is 1. The van der Waals surface area contributed by atoms with Crippen LogP contribution in [0.15, 0.2) is 24.3 Å². The minimum atomic E-state index is -1.61. The summed E-state index contributed by atoms with van der Waals surface area (Å²) in [6.07, 6.45) is 0. The molecule has 0 unspecified atom stereocenters. The second-order valence-corrected chi connectivity index (χ2v) is 4.33. The molecule has 2 amide bonds. The summed E-state index contributed by atoms with van der Waals surface area (Å²) < 4.78 is 0. The summed E-state index contributed by atoms with van der Waals surface area (Å²) in [5, 5.41) is 8.79. The monoisotopic (exact) mass is 276 g/mol. The number of carbonyl (C=O) groups is 4. The fourth-order valence-corrected chi connectivity index (χ4v) is 1.98. The van der Waals surface area contributed by atoms with Crippen molar-refractivity contribution >= 4 is 29.3 Å². The number of hydrogen-bond acceptors (Lipinski definition) is 4. The lowest BCUT2D eigenvalue weighted by molar-refractivity contribution is -0.145. The van der Waals surface area contributed by atoms with Crippen LogP contribution in [0.25, 0.3) is 0 Å².